The minimum absolute atomic E-state index is 0.310. The maximum atomic E-state index is 10.2. The summed E-state index contributed by atoms with van der Waals surface area (Å²) in [5.74, 6) is 0. The smallest absolute Gasteiger partial charge is 0.155 e. The van der Waals surface area contributed by atoms with E-state index in [0.29, 0.717) is 13.9 Å². The summed E-state index contributed by atoms with van der Waals surface area (Å²) in [5.41, 5.74) is 6.28. The molecule has 134 valence electrons. The van der Waals surface area contributed by atoms with E-state index in [2.05, 4.69) is 69.3 Å². The predicted molar refractivity (Wildman–Crippen MR) is 110 cm³/mol. The van der Waals surface area contributed by atoms with Crippen molar-refractivity contribution in [3.63, 3.8) is 0 Å². The van der Waals surface area contributed by atoms with Gasteiger partial charge in [-0.05, 0) is 46.9 Å². The lowest BCUT2D eigenvalue weighted by molar-refractivity contribution is 0.265. The monoisotopic (exact) mass is 354 g/mol. The molecule has 0 N–H and O–H groups in total. The third-order valence-electron chi connectivity index (χ3n) is 5.69. The van der Waals surface area contributed by atoms with Crippen LogP contribution in [0, 0.1) is 5.41 Å². The second-order valence-corrected chi connectivity index (χ2v) is 8.02. The highest BCUT2D eigenvalue weighted by atomic mass is 31.1. The second kappa shape index (κ2) is 9.88. The molecule has 0 amide bonds. The summed E-state index contributed by atoms with van der Waals surface area (Å²) in [5, 5.41) is 0. The maximum absolute atomic E-state index is 10.2. The first-order chi connectivity index (χ1) is 12.1. The van der Waals surface area contributed by atoms with Crippen LogP contribution in [0.2, 0.25) is 0 Å². The molecular formula is C23H31OP. The fraction of sp³-hybridized carbons (Fsp3) is 0.478. The Labute approximate surface area is 155 Å². The molecule has 2 heteroatoms. The van der Waals surface area contributed by atoms with Crippen molar-refractivity contribution < 1.29 is 4.57 Å². The van der Waals surface area contributed by atoms with Crippen molar-refractivity contribution >= 4 is 8.46 Å². The molecule has 0 saturated carbocycles. The first-order valence-corrected chi connectivity index (χ1v) is 10.6. The molecule has 0 atom stereocenters. The molecule has 0 bridgehead atoms. The Morgan fingerprint density at radius 1 is 0.880 bits per heavy atom. The number of unbranched alkanes of at least 4 members (excludes halogenated alkanes) is 1. The summed E-state index contributed by atoms with van der Waals surface area (Å²) < 4.78 is 10.2. The number of benzene rings is 2. The van der Waals surface area contributed by atoms with Crippen molar-refractivity contribution in [2.45, 2.75) is 59.3 Å². The van der Waals surface area contributed by atoms with Gasteiger partial charge in [0.05, 0.1) is 0 Å². The van der Waals surface area contributed by atoms with Gasteiger partial charge in [-0.2, -0.15) is 0 Å². The van der Waals surface area contributed by atoms with Crippen LogP contribution in [0.15, 0.2) is 48.5 Å². The molecule has 1 aliphatic carbocycles. The van der Waals surface area contributed by atoms with Gasteiger partial charge in [-0.15, -0.1) is 0 Å². The standard InChI is InChI=1S/C13H10.C10H21OP/c1-3-7-12-10(5-1)9-11-6-2-4-8-13(11)12;1-4-10(3,5-2)8-6-7-9-12-11/h1-8H,9H2;4-9H2,1-3H3. The summed E-state index contributed by atoms with van der Waals surface area (Å²) in [4.78, 5) is 0. The van der Waals surface area contributed by atoms with Crippen LogP contribution in [0.25, 0.3) is 11.1 Å². The Kier molecular flexibility index (Phi) is 7.85. The zero-order valence-electron chi connectivity index (χ0n) is 15.9. The average Bonchev–Trinajstić information content (AvgIpc) is 3.04. The first-order valence-electron chi connectivity index (χ1n) is 9.59. The third kappa shape index (κ3) is 5.51. The second-order valence-electron chi connectivity index (χ2n) is 7.32. The Balaban J connectivity index is 0.000000182. The zero-order valence-corrected chi connectivity index (χ0v) is 16.8. The molecular weight excluding hydrogens is 323 g/mol. The molecule has 1 aliphatic rings. The van der Waals surface area contributed by atoms with Gasteiger partial charge in [-0.1, -0.05) is 88.6 Å². The molecule has 3 rings (SSSR count). The lowest BCUT2D eigenvalue weighted by Crippen LogP contribution is -2.13. The van der Waals surface area contributed by atoms with Gasteiger partial charge in [-0.3, -0.25) is 4.57 Å². The molecule has 0 aromatic heterocycles. The van der Waals surface area contributed by atoms with Crippen molar-refractivity contribution in [2.24, 2.45) is 5.41 Å². The van der Waals surface area contributed by atoms with Crippen LogP contribution in [0.5, 0.6) is 0 Å². The average molecular weight is 354 g/mol. The Morgan fingerprint density at radius 3 is 1.88 bits per heavy atom. The minimum Gasteiger partial charge on any atom is -0.275 e. The highest BCUT2D eigenvalue weighted by Crippen LogP contribution is 2.35. The number of hydrogen-bond acceptors (Lipinski definition) is 1. The lowest BCUT2D eigenvalue weighted by atomic mass is 9.80. The van der Waals surface area contributed by atoms with Gasteiger partial charge < -0.3 is 0 Å². The molecule has 0 fully saturated rings. The van der Waals surface area contributed by atoms with Crippen LogP contribution >= 0.6 is 8.46 Å². The highest BCUT2D eigenvalue weighted by molar-refractivity contribution is 7.23. The van der Waals surface area contributed by atoms with E-state index in [0.717, 1.165) is 19.0 Å². The van der Waals surface area contributed by atoms with Crippen molar-refractivity contribution in [3.05, 3.63) is 59.7 Å². The van der Waals surface area contributed by atoms with Crippen LogP contribution in [-0.2, 0) is 11.0 Å². The fourth-order valence-corrected chi connectivity index (χ4v) is 3.76. The van der Waals surface area contributed by atoms with Crippen molar-refractivity contribution in [1.29, 1.82) is 0 Å². The van der Waals surface area contributed by atoms with Gasteiger partial charge in [0, 0.05) is 6.16 Å². The quantitative estimate of drug-likeness (QED) is 0.316. The number of hydrogen-bond donors (Lipinski definition) is 0. The van der Waals surface area contributed by atoms with E-state index in [4.69, 9.17) is 0 Å². The van der Waals surface area contributed by atoms with Crippen molar-refractivity contribution in [2.75, 3.05) is 6.16 Å². The summed E-state index contributed by atoms with van der Waals surface area (Å²) in [6.45, 7) is 6.87. The van der Waals surface area contributed by atoms with Crippen LogP contribution < -0.4 is 0 Å². The van der Waals surface area contributed by atoms with Gasteiger partial charge in [0.25, 0.3) is 0 Å². The molecule has 1 nitrogen and oxygen atoms in total. The van der Waals surface area contributed by atoms with Crippen LogP contribution in [0.1, 0.15) is 64.0 Å². The van der Waals surface area contributed by atoms with Crippen LogP contribution in [0.3, 0.4) is 0 Å². The van der Waals surface area contributed by atoms with E-state index >= 15 is 0 Å². The predicted octanol–water partition coefficient (Wildman–Crippen LogP) is 7.53. The number of fused-ring (bicyclic) bond motifs is 3. The lowest BCUT2D eigenvalue weighted by Gasteiger charge is -2.26. The fourth-order valence-electron chi connectivity index (χ4n) is 3.41. The topological polar surface area (TPSA) is 17.1 Å². The van der Waals surface area contributed by atoms with Crippen LogP contribution in [0.4, 0.5) is 0 Å². The van der Waals surface area contributed by atoms with Gasteiger partial charge >= 0.3 is 0 Å². The van der Waals surface area contributed by atoms with E-state index in [1.165, 1.54) is 47.9 Å². The molecule has 0 aliphatic heterocycles. The minimum atomic E-state index is 0.310. The molecule has 0 unspecified atom stereocenters. The summed E-state index contributed by atoms with van der Waals surface area (Å²) in [7, 11) is 0.310. The van der Waals surface area contributed by atoms with E-state index in [1.54, 1.807) is 0 Å². The summed E-state index contributed by atoms with van der Waals surface area (Å²) in [6.07, 6.45) is 8.09. The molecule has 0 heterocycles. The third-order valence-corrected chi connectivity index (χ3v) is 6.19. The van der Waals surface area contributed by atoms with Gasteiger partial charge in [-0.25, -0.2) is 0 Å². The van der Waals surface area contributed by atoms with E-state index in [9.17, 15) is 4.57 Å². The molecule has 0 radical (unpaired) electrons. The first kappa shape index (κ1) is 19.9. The maximum Gasteiger partial charge on any atom is 0.155 e. The molecule has 0 saturated heterocycles. The summed E-state index contributed by atoms with van der Waals surface area (Å²) >= 11 is 0. The molecule has 2 aromatic carbocycles. The SMILES string of the molecule is CCC(C)(CC)CCCCP=O.c1ccc2c(c1)Cc1ccccc1-2. The number of rotatable bonds is 7. The largest absolute Gasteiger partial charge is 0.275 e. The normalized spacial score (nSPS) is 12.3. The highest BCUT2D eigenvalue weighted by Gasteiger charge is 2.18. The Hall–Kier alpha value is -1.46. The van der Waals surface area contributed by atoms with E-state index in [1.807, 2.05) is 0 Å². The van der Waals surface area contributed by atoms with Gasteiger partial charge in [0.1, 0.15) is 0 Å². The molecule has 2 aromatic rings. The van der Waals surface area contributed by atoms with Gasteiger partial charge in [0.15, 0.2) is 8.46 Å². The van der Waals surface area contributed by atoms with Crippen molar-refractivity contribution in [3.8, 4) is 11.1 Å². The zero-order chi connectivity index (χ0) is 18.1. The Morgan fingerprint density at radius 2 is 1.40 bits per heavy atom. The van der Waals surface area contributed by atoms with Crippen LogP contribution in [-0.4, -0.2) is 6.16 Å². The van der Waals surface area contributed by atoms with Gasteiger partial charge in [0.2, 0.25) is 0 Å². The molecule has 0 spiro atoms. The Bertz CT molecular complexity index is 630. The molecule has 25 heavy (non-hydrogen) atoms. The van der Waals surface area contributed by atoms with E-state index in [-0.39, 0.29) is 0 Å². The van der Waals surface area contributed by atoms with Crippen molar-refractivity contribution in [1.82, 2.24) is 0 Å². The summed E-state index contributed by atoms with van der Waals surface area (Å²) in [6, 6.07) is 17.3. The van der Waals surface area contributed by atoms with E-state index < -0.39 is 0 Å².